The second-order valence-corrected chi connectivity index (χ2v) is 8.49. The summed E-state index contributed by atoms with van der Waals surface area (Å²) in [6, 6.07) is 9.85. The maximum atomic E-state index is 13.3. The number of rotatable bonds is 3. The maximum Gasteiger partial charge on any atom is 0.170 e. The van der Waals surface area contributed by atoms with E-state index in [0.717, 1.165) is 47.9 Å². The highest BCUT2D eigenvalue weighted by Crippen LogP contribution is 2.60. The molecular weight excluding hydrogens is 358 g/mol. The molecule has 4 heteroatoms. The number of halogens is 1. The van der Waals surface area contributed by atoms with Gasteiger partial charge < -0.3 is 5.11 Å². The first-order chi connectivity index (χ1) is 13.1. The van der Waals surface area contributed by atoms with E-state index in [2.05, 4.69) is 24.0 Å². The first kappa shape index (κ1) is 17.0. The SMILES string of the molecule is CCc1ccc(-c2ccc(Cl)nc2)cc1C1=C(O)[C@H]2[C@H]3CC[C@H](C3)[C@H]2C1=O. The van der Waals surface area contributed by atoms with Gasteiger partial charge in [-0.2, -0.15) is 0 Å². The fourth-order valence-electron chi connectivity index (χ4n) is 5.64. The van der Waals surface area contributed by atoms with E-state index in [1.54, 1.807) is 12.3 Å². The molecule has 4 atom stereocenters. The van der Waals surface area contributed by atoms with Gasteiger partial charge in [-0.3, -0.25) is 4.79 Å². The molecule has 27 heavy (non-hydrogen) atoms. The van der Waals surface area contributed by atoms with Gasteiger partial charge in [-0.1, -0.05) is 30.7 Å². The zero-order valence-electron chi connectivity index (χ0n) is 15.3. The van der Waals surface area contributed by atoms with Gasteiger partial charge in [-0.05, 0) is 72.4 Å². The Hall–Kier alpha value is -2.13. The van der Waals surface area contributed by atoms with Crippen LogP contribution in [0, 0.1) is 23.7 Å². The molecule has 0 radical (unpaired) electrons. The smallest absolute Gasteiger partial charge is 0.170 e. The van der Waals surface area contributed by atoms with E-state index in [9.17, 15) is 9.90 Å². The summed E-state index contributed by atoms with van der Waals surface area (Å²) in [6.45, 7) is 2.09. The summed E-state index contributed by atoms with van der Waals surface area (Å²) in [4.78, 5) is 17.5. The molecule has 2 fully saturated rings. The lowest BCUT2D eigenvalue weighted by molar-refractivity contribution is -0.118. The fraction of sp³-hybridized carbons (Fsp3) is 0.391. The monoisotopic (exact) mass is 379 g/mol. The Bertz CT molecular complexity index is 963. The number of carbonyl (C=O) groups excluding carboxylic acids is 1. The van der Waals surface area contributed by atoms with Gasteiger partial charge in [0, 0.05) is 23.6 Å². The number of allylic oxidation sites excluding steroid dienone is 2. The van der Waals surface area contributed by atoms with E-state index < -0.39 is 0 Å². The van der Waals surface area contributed by atoms with E-state index in [-0.39, 0.29) is 17.6 Å². The standard InChI is InChI=1S/C23H22ClNO2/c1-2-12-3-4-13(16-7-8-18(24)25-11-16)10-17(12)21-22(26)19-14-5-6-15(9-14)20(19)23(21)27/h3-4,7-8,10-11,14-15,19-20,26H,2,5-6,9H2,1H3/t14-,15+,19-,20+/m0/s1. The third-order valence-corrected chi connectivity index (χ3v) is 7.08. The Morgan fingerprint density at radius 2 is 1.85 bits per heavy atom. The molecule has 1 aromatic heterocycles. The van der Waals surface area contributed by atoms with E-state index in [1.165, 1.54) is 0 Å². The third-order valence-electron chi connectivity index (χ3n) is 6.86. The first-order valence-electron chi connectivity index (χ1n) is 9.81. The number of benzene rings is 1. The van der Waals surface area contributed by atoms with Crippen LogP contribution in [-0.2, 0) is 11.2 Å². The molecule has 0 saturated heterocycles. The molecule has 0 amide bonds. The molecule has 3 aliphatic carbocycles. The number of carbonyl (C=O) groups is 1. The van der Waals surface area contributed by atoms with Crippen LogP contribution in [0.1, 0.15) is 37.3 Å². The lowest BCUT2D eigenvalue weighted by atomic mass is 9.80. The number of Topliss-reactive ketones (excluding diaryl/α,β-unsaturated/α-hetero) is 1. The summed E-state index contributed by atoms with van der Waals surface area (Å²) in [6.07, 6.45) is 5.95. The fourth-order valence-corrected chi connectivity index (χ4v) is 5.75. The van der Waals surface area contributed by atoms with Crippen molar-refractivity contribution in [2.45, 2.75) is 32.6 Å². The lowest BCUT2D eigenvalue weighted by Crippen LogP contribution is -2.24. The van der Waals surface area contributed by atoms with Crippen LogP contribution in [0.3, 0.4) is 0 Å². The number of nitrogens with zero attached hydrogens (tertiary/aromatic N) is 1. The van der Waals surface area contributed by atoms with Gasteiger partial charge in [0.25, 0.3) is 0 Å². The van der Waals surface area contributed by atoms with Crippen molar-refractivity contribution in [2.75, 3.05) is 0 Å². The van der Waals surface area contributed by atoms with Crippen molar-refractivity contribution in [3.8, 4) is 11.1 Å². The van der Waals surface area contributed by atoms with Crippen LogP contribution in [-0.4, -0.2) is 15.9 Å². The van der Waals surface area contributed by atoms with Crippen molar-refractivity contribution < 1.29 is 9.90 Å². The Kier molecular flexibility index (Phi) is 3.90. The zero-order valence-corrected chi connectivity index (χ0v) is 16.0. The van der Waals surface area contributed by atoms with Crippen LogP contribution in [0.5, 0.6) is 0 Å². The van der Waals surface area contributed by atoms with Gasteiger partial charge in [-0.15, -0.1) is 0 Å². The summed E-state index contributed by atoms with van der Waals surface area (Å²) >= 11 is 5.91. The number of aryl methyl sites for hydroxylation is 1. The van der Waals surface area contributed by atoms with E-state index >= 15 is 0 Å². The largest absolute Gasteiger partial charge is 0.511 e. The van der Waals surface area contributed by atoms with Crippen LogP contribution in [0.15, 0.2) is 42.3 Å². The number of fused-ring (bicyclic) bond motifs is 5. The Morgan fingerprint density at radius 3 is 2.52 bits per heavy atom. The third kappa shape index (κ3) is 2.48. The van der Waals surface area contributed by atoms with Crippen LogP contribution in [0.2, 0.25) is 5.15 Å². The van der Waals surface area contributed by atoms with Crippen LogP contribution >= 0.6 is 11.6 Å². The van der Waals surface area contributed by atoms with Gasteiger partial charge in [0.15, 0.2) is 5.78 Å². The minimum atomic E-state index is 0.00399. The van der Waals surface area contributed by atoms with Gasteiger partial charge in [-0.25, -0.2) is 4.98 Å². The number of aromatic nitrogens is 1. The number of aliphatic hydroxyl groups is 1. The highest BCUT2D eigenvalue weighted by molar-refractivity contribution is 6.29. The summed E-state index contributed by atoms with van der Waals surface area (Å²) in [7, 11) is 0. The van der Waals surface area contributed by atoms with Gasteiger partial charge in [0.05, 0.1) is 5.57 Å². The van der Waals surface area contributed by atoms with Crippen molar-refractivity contribution in [2.24, 2.45) is 23.7 Å². The number of ketones is 1. The number of aliphatic hydroxyl groups excluding tert-OH is 1. The molecule has 2 bridgehead atoms. The minimum absolute atomic E-state index is 0.00399. The van der Waals surface area contributed by atoms with Crippen molar-refractivity contribution in [3.63, 3.8) is 0 Å². The number of pyridine rings is 1. The van der Waals surface area contributed by atoms with Gasteiger partial charge in [0.1, 0.15) is 10.9 Å². The molecule has 1 heterocycles. The molecule has 1 aromatic carbocycles. The van der Waals surface area contributed by atoms with Crippen molar-refractivity contribution >= 4 is 23.0 Å². The second-order valence-electron chi connectivity index (χ2n) is 8.10. The molecule has 0 aliphatic heterocycles. The maximum absolute atomic E-state index is 13.3. The molecule has 5 rings (SSSR count). The van der Waals surface area contributed by atoms with Crippen LogP contribution < -0.4 is 0 Å². The quantitative estimate of drug-likeness (QED) is 0.718. The average Bonchev–Trinajstić information content (AvgIpc) is 3.36. The number of hydrogen-bond donors (Lipinski definition) is 1. The lowest BCUT2D eigenvalue weighted by Gasteiger charge is -2.23. The summed E-state index contributed by atoms with van der Waals surface area (Å²) < 4.78 is 0. The molecule has 138 valence electrons. The van der Waals surface area contributed by atoms with Gasteiger partial charge in [0.2, 0.25) is 0 Å². The molecule has 1 N–H and O–H groups in total. The van der Waals surface area contributed by atoms with E-state index in [1.807, 2.05) is 12.1 Å². The van der Waals surface area contributed by atoms with Gasteiger partial charge >= 0.3 is 0 Å². The Morgan fingerprint density at radius 1 is 1.11 bits per heavy atom. The zero-order chi connectivity index (χ0) is 18.7. The molecular formula is C23H22ClNO2. The van der Waals surface area contributed by atoms with Crippen molar-refractivity contribution in [3.05, 3.63) is 58.6 Å². The summed E-state index contributed by atoms with van der Waals surface area (Å²) in [5, 5.41) is 11.5. The van der Waals surface area contributed by atoms with E-state index in [0.29, 0.717) is 28.3 Å². The Balaban J connectivity index is 1.63. The molecule has 2 aromatic rings. The molecule has 3 aliphatic rings. The molecule has 2 saturated carbocycles. The van der Waals surface area contributed by atoms with Crippen LogP contribution in [0.4, 0.5) is 0 Å². The minimum Gasteiger partial charge on any atom is -0.511 e. The first-order valence-corrected chi connectivity index (χ1v) is 10.2. The van der Waals surface area contributed by atoms with Crippen LogP contribution in [0.25, 0.3) is 16.7 Å². The molecule has 0 spiro atoms. The summed E-state index contributed by atoms with van der Waals surface area (Å²) in [5.74, 6) is 1.50. The Labute approximate surface area is 164 Å². The topological polar surface area (TPSA) is 50.2 Å². The predicted molar refractivity (Wildman–Crippen MR) is 106 cm³/mol. The van der Waals surface area contributed by atoms with Crippen molar-refractivity contribution in [1.29, 1.82) is 0 Å². The molecule has 0 unspecified atom stereocenters. The average molecular weight is 380 g/mol. The number of hydrogen-bond acceptors (Lipinski definition) is 3. The highest BCUT2D eigenvalue weighted by Gasteiger charge is 2.57. The highest BCUT2D eigenvalue weighted by atomic mass is 35.5. The predicted octanol–water partition coefficient (Wildman–Crippen LogP) is 5.48. The second kappa shape index (κ2) is 6.20. The van der Waals surface area contributed by atoms with E-state index in [4.69, 9.17) is 11.6 Å². The van der Waals surface area contributed by atoms with Crippen molar-refractivity contribution in [1.82, 2.24) is 4.98 Å². The normalized spacial score (nSPS) is 28.9. The molecule has 3 nitrogen and oxygen atoms in total. The summed E-state index contributed by atoms with van der Waals surface area (Å²) in [5.41, 5.74) is 4.50.